The van der Waals surface area contributed by atoms with Crippen LogP contribution in [0.3, 0.4) is 0 Å². The molecule has 0 aromatic heterocycles. The molecule has 1 aliphatic heterocycles. The lowest BCUT2D eigenvalue weighted by atomic mass is 9.79. The standard InChI is InChI=1S/C22H26BClN2O4/c1-14(25-20(28)15-6-10-17(24)11-7-15)19(27)26-18-12-8-16(9-13-18)23-29-21(2,3)22(4,5)30-23/h6-14H,1-5H3,(H,25,28)(H,26,27)/t14-/m1/s1. The molecule has 0 radical (unpaired) electrons. The summed E-state index contributed by atoms with van der Waals surface area (Å²) in [6.07, 6.45) is 0. The Morgan fingerprint density at radius 3 is 2.00 bits per heavy atom. The van der Waals surface area contributed by atoms with Crippen molar-refractivity contribution < 1.29 is 18.9 Å². The molecule has 0 unspecified atom stereocenters. The number of rotatable bonds is 5. The van der Waals surface area contributed by atoms with Gasteiger partial charge in [-0.2, -0.15) is 0 Å². The summed E-state index contributed by atoms with van der Waals surface area (Å²) in [4.78, 5) is 24.7. The van der Waals surface area contributed by atoms with Gasteiger partial charge in [0.15, 0.2) is 0 Å². The van der Waals surface area contributed by atoms with Crippen LogP contribution in [-0.4, -0.2) is 36.2 Å². The fourth-order valence-electron chi connectivity index (χ4n) is 2.90. The Balaban J connectivity index is 1.58. The van der Waals surface area contributed by atoms with E-state index in [1.54, 1.807) is 43.3 Å². The zero-order valence-electron chi connectivity index (χ0n) is 17.8. The highest BCUT2D eigenvalue weighted by Crippen LogP contribution is 2.36. The van der Waals surface area contributed by atoms with Crippen molar-refractivity contribution in [3.8, 4) is 0 Å². The maximum absolute atomic E-state index is 12.4. The lowest BCUT2D eigenvalue weighted by Crippen LogP contribution is -2.41. The zero-order chi connectivity index (χ0) is 22.1. The van der Waals surface area contributed by atoms with Crippen molar-refractivity contribution in [3.05, 3.63) is 59.1 Å². The summed E-state index contributed by atoms with van der Waals surface area (Å²) in [5, 5.41) is 6.02. The fourth-order valence-corrected chi connectivity index (χ4v) is 3.03. The quantitative estimate of drug-likeness (QED) is 0.716. The van der Waals surface area contributed by atoms with Crippen molar-refractivity contribution in [1.29, 1.82) is 0 Å². The number of carbonyl (C=O) groups is 2. The van der Waals surface area contributed by atoms with E-state index in [0.29, 0.717) is 16.3 Å². The normalized spacial score (nSPS) is 18.0. The van der Waals surface area contributed by atoms with E-state index in [9.17, 15) is 9.59 Å². The van der Waals surface area contributed by atoms with Crippen molar-refractivity contribution in [1.82, 2.24) is 5.32 Å². The smallest absolute Gasteiger partial charge is 0.399 e. The highest BCUT2D eigenvalue weighted by atomic mass is 35.5. The number of benzene rings is 2. The summed E-state index contributed by atoms with van der Waals surface area (Å²) < 4.78 is 12.1. The van der Waals surface area contributed by atoms with E-state index < -0.39 is 24.4 Å². The summed E-state index contributed by atoms with van der Waals surface area (Å²) in [6.45, 7) is 9.63. The molecule has 158 valence electrons. The highest BCUT2D eigenvalue weighted by Gasteiger charge is 2.51. The third-order valence-corrected chi connectivity index (χ3v) is 5.80. The van der Waals surface area contributed by atoms with Gasteiger partial charge in [0.2, 0.25) is 5.91 Å². The Labute approximate surface area is 182 Å². The first-order valence-electron chi connectivity index (χ1n) is 9.81. The summed E-state index contributed by atoms with van der Waals surface area (Å²) in [7, 11) is -0.461. The molecule has 0 saturated carbocycles. The van der Waals surface area contributed by atoms with Crippen LogP contribution < -0.4 is 16.1 Å². The second kappa shape index (κ2) is 8.42. The van der Waals surface area contributed by atoms with Gasteiger partial charge >= 0.3 is 7.12 Å². The summed E-state index contributed by atoms with van der Waals surface area (Å²) in [5.74, 6) is -0.661. The average molecular weight is 429 g/mol. The largest absolute Gasteiger partial charge is 0.494 e. The van der Waals surface area contributed by atoms with Crippen LogP contribution >= 0.6 is 11.6 Å². The van der Waals surface area contributed by atoms with Gasteiger partial charge in [-0.3, -0.25) is 9.59 Å². The second-order valence-corrected chi connectivity index (χ2v) is 8.84. The van der Waals surface area contributed by atoms with Crippen LogP contribution in [0.15, 0.2) is 48.5 Å². The third-order valence-electron chi connectivity index (χ3n) is 5.55. The number of carbonyl (C=O) groups excluding carboxylic acids is 2. The predicted octanol–water partition coefficient (Wildman–Crippen LogP) is 3.40. The molecule has 2 N–H and O–H groups in total. The van der Waals surface area contributed by atoms with Gasteiger partial charge in [-0.05, 0) is 76.5 Å². The molecular weight excluding hydrogens is 403 g/mol. The van der Waals surface area contributed by atoms with Gasteiger partial charge in [0.1, 0.15) is 6.04 Å². The van der Waals surface area contributed by atoms with Crippen LogP contribution in [0.4, 0.5) is 5.69 Å². The molecule has 3 rings (SSSR count). The number of hydrogen-bond donors (Lipinski definition) is 2. The molecule has 1 atom stereocenters. The summed E-state index contributed by atoms with van der Waals surface area (Å²) in [6, 6.07) is 13.0. The number of nitrogens with one attached hydrogen (secondary N) is 2. The molecule has 6 nitrogen and oxygen atoms in total. The molecule has 30 heavy (non-hydrogen) atoms. The van der Waals surface area contributed by atoms with Gasteiger partial charge in [0.05, 0.1) is 11.2 Å². The molecule has 0 bridgehead atoms. The van der Waals surface area contributed by atoms with Gasteiger partial charge in [0.25, 0.3) is 5.91 Å². The third kappa shape index (κ3) is 4.86. The second-order valence-electron chi connectivity index (χ2n) is 8.40. The summed E-state index contributed by atoms with van der Waals surface area (Å²) in [5.41, 5.74) is 1.10. The van der Waals surface area contributed by atoms with E-state index in [4.69, 9.17) is 20.9 Å². The number of amides is 2. The van der Waals surface area contributed by atoms with E-state index in [0.717, 1.165) is 5.46 Å². The van der Waals surface area contributed by atoms with Crippen LogP contribution in [-0.2, 0) is 14.1 Å². The van der Waals surface area contributed by atoms with E-state index in [-0.39, 0.29) is 11.8 Å². The Morgan fingerprint density at radius 1 is 0.933 bits per heavy atom. The van der Waals surface area contributed by atoms with Gasteiger partial charge in [0, 0.05) is 16.3 Å². The lowest BCUT2D eigenvalue weighted by Gasteiger charge is -2.32. The maximum Gasteiger partial charge on any atom is 0.494 e. The molecule has 1 saturated heterocycles. The number of anilines is 1. The molecule has 2 aromatic rings. The number of halogens is 1. The first kappa shape index (κ1) is 22.3. The lowest BCUT2D eigenvalue weighted by molar-refractivity contribution is -0.117. The number of hydrogen-bond acceptors (Lipinski definition) is 4. The van der Waals surface area contributed by atoms with Gasteiger partial charge in [-0.25, -0.2) is 0 Å². The van der Waals surface area contributed by atoms with Crippen molar-refractivity contribution in [2.24, 2.45) is 0 Å². The first-order chi connectivity index (χ1) is 14.0. The van der Waals surface area contributed by atoms with Crippen molar-refractivity contribution in [2.45, 2.75) is 51.9 Å². The minimum Gasteiger partial charge on any atom is -0.399 e. The molecule has 2 aromatic carbocycles. The monoisotopic (exact) mass is 428 g/mol. The minimum atomic E-state index is -0.712. The molecule has 8 heteroatoms. The topological polar surface area (TPSA) is 76.7 Å². The van der Waals surface area contributed by atoms with Crippen LogP contribution in [0, 0.1) is 0 Å². The van der Waals surface area contributed by atoms with E-state index in [1.807, 2.05) is 39.8 Å². The fraction of sp³-hybridized carbons (Fsp3) is 0.364. The van der Waals surface area contributed by atoms with Crippen LogP contribution in [0.2, 0.25) is 5.02 Å². The van der Waals surface area contributed by atoms with Gasteiger partial charge in [-0.15, -0.1) is 0 Å². The highest BCUT2D eigenvalue weighted by molar-refractivity contribution is 6.62. The van der Waals surface area contributed by atoms with Crippen molar-refractivity contribution in [2.75, 3.05) is 5.32 Å². The minimum absolute atomic E-state index is 0.319. The molecular formula is C22H26BClN2O4. The van der Waals surface area contributed by atoms with Gasteiger partial charge < -0.3 is 19.9 Å². The molecule has 1 fully saturated rings. The van der Waals surface area contributed by atoms with E-state index >= 15 is 0 Å². The molecule has 2 amide bonds. The van der Waals surface area contributed by atoms with Crippen LogP contribution in [0.1, 0.15) is 45.0 Å². The molecule has 1 heterocycles. The van der Waals surface area contributed by atoms with E-state index in [1.165, 1.54) is 0 Å². The van der Waals surface area contributed by atoms with Crippen molar-refractivity contribution >= 4 is 41.7 Å². The average Bonchev–Trinajstić information content (AvgIpc) is 2.90. The Bertz CT molecular complexity index is 913. The van der Waals surface area contributed by atoms with Gasteiger partial charge in [-0.1, -0.05) is 23.7 Å². The molecule has 1 aliphatic rings. The van der Waals surface area contributed by atoms with E-state index in [2.05, 4.69) is 10.6 Å². The van der Waals surface area contributed by atoms with Crippen LogP contribution in [0.5, 0.6) is 0 Å². The Morgan fingerprint density at radius 2 is 1.47 bits per heavy atom. The molecule has 0 spiro atoms. The van der Waals surface area contributed by atoms with Crippen molar-refractivity contribution in [3.63, 3.8) is 0 Å². The Kier molecular flexibility index (Phi) is 6.27. The SMILES string of the molecule is C[C@@H](NC(=O)c1ccc(Cl)cc1)C(=O)Nc1ccc(B2OC(C)(C)C(C)(C)O2)cc1. The van der Waals surface area contributed by atoms with Crippen LogP contribution in [0.25, 0.3) is 0 Å². The zero-order valence-corrected chi connectivity index (χ0v) is 18.5. The molecule has 0 aliphatic carbocycles. The predicted molar refractivity (Wildman–Crippen MR) is 119 cm³/mol. The maximum atomic E-state index is 12.4. The Hall–Kier alpha value is -2.35. The summed E-state index contributed by atoms with van der Waals surface area (Å²) >= 11 is 5.83. The first-order valence-corrected chi connectivity index (χ1v) is 10.2.